The Labute approximate surface area is 97.8 Å². The monoisotopic (exact) mass is 278 g/mol. The predicted octanol–water partition coefficient (Wildman–Crippen LogP) is 2.03. The molecule has 0 saturated carbocycles. The molecule has 0 bridgehead atoms. The van der Waals surface area contributed by atoms with Crippen molar-refractivity contribution in [1.82, 2.24) is 0 Å². The molecule has 0 rings (SSSR count). The lowest BCUT2D eigenvalue weighted by Gasteiger charge is -2.12. The summed E-state index contributed by atoms with van der Waals surface area (Å²) in [4.78, 5) is 22.1. The number of esters is 2. The highest BCUT2D eigenvalue weighted by atomic mass is 79.9. The molecule has 4 nitrogen and oxygen atoms in total. The minimum atomic E-state index is -0.635. The van der Waals surface area contributed by atoms with Gasteiger partial charge in [0, 0.05) is 5.57 Å². The molecule has 0 amide bonds. The third kappa shape index (κ3) is 6.28. The average molecular weight is 279 g/mol. The molecule has 1 unspecified atom stereocenters. The molecule has 0 aromatic carbocycles. The molecule has 0 aliphatic heterocycles. The van der Waals surface area contributed by atoms with Crippen molar-refractivity contribution in [2.75, 3.05) is 6.61 Å². The Morgan fingerprint density at radius 2 is 1.93 bits per heavy atom. The summed E-state index contributed by atoms with van der Waals surface area (Å²) in [5, 5.41) is -0.635. The first-order chi connectivity index (χ1) is 6.84. The minimum Gasteiger partial charge on any atom is -0.461 e. The van der Waals surface area contributed by atoms with E-state index in [4.69, 9.17) is 9.47 Å². The van der Waals surface area contributed by atoms with E-state index in [1.54, 1.807) is 20.8 Å². The Kier molecular flexibility index (Phi) is 6.24. The van der Waals surface area contributed by atoms with E-state index in [-0.39, 0.29) is 18.5 Å². The Morgan fingerprint density at radius 1 is 1.40 bits per heavy atom. The number of alkyl halides is 1. The van der Waals surface area contributed by atoms with Gasteiger partial charge in [0.05, 0.1) is 5.92 Å². The zero-order valence-corrected chi connectivity index (χ0v) is 10.7. The molecule has 0 aromatic rings. The van der Waals surface area contributed by atoms with E-state index < -0.39 is 11.0 Å². The summed E-state index contributed by atoms with van der Waals surface area (Å²) in [5.74, 6) is -1.04. The van der Waals surface area contributed by atoms with Crippen LogP contribution in [-0.2, 0) is 19.1 Å². The molecule has 0 aliphatic rings. The Morgan fingerprint density at radius 3 is 2.33 bits per heavy atom. The Bertz CT molecular complexity index is 260. The molecule has 0 aliphatic carbocycles. The SMILES string of the molecule is C=C(C)C(=O)OC(Br)COC(=O)C(C)C. The maximum absolute atomic E-state index is 11.1. The Hall–Kier alpha value is -0.840. The molecular formula is C10H15BrO4. The number of ether oxygens (including phenoxy) is 2. The fraction of sp³-hybridized carbons (Fsp3) is 0.600. The van der Waals surface area contributed by atoms with Crippen LogP contribution in [0.5, 0.6) is 0 Å². The van der Waals surface area contributed by atoms with E-state index in [1.807, 2.05) is 0 Å². The van der Waals surface area contributed by atoms with Gasteiger partial charge >= 0.3 is 11.9 Å². The summed E-state index contributed by atoms with van der Waals surface area (Å²) in [6.45, 7) is 8.42. The van der Waals surface area contributed by atoms with Crippen molar-refractivity contribution >= 4 is 27.9 Å². The summed E-state index contributed by atoms with van der Waals surface area (Å²) in [6, 6.07) is 0. The first kappa shape index (κ1) is 14.2. The highest BCUT2D eigenvalue weighted by molar-refractivity contribution is 9.09. The van der Waals surface area contributed by atoms with E-state index in [2.05, 4.69) is 22.5 Å². The number of carbonyl (C=O) groups is 2. The molecule has 1 atom stereocenters. The first-order valence-corrected chi connectivity index (χ1v) is 5.43. The molecule has 0 heterocycles. The van der Waals surface area contributed by atoms with Gasteiger partial charge in [0.15, 0.2) is 5.01 Å². The third-order valence-electron chi connectivity index (χ3n) is 1.41. The second-order valence-corrected chi connectivity index (χ2v) is 4.40. The van der Waals surface area contributed by atoms with E-state index in [1.165, 1.54) is 0 Å². The highest BCUT2D eigenvalue weighted by Gasteiger charge is 2.15. The van der Waals surface area contributed by atoms with Crippen LogP contribution in [0, 0.1) is 5.92 Å². The molecule has 0 fully saturated rings. The molecular weight excluding hydrogens is 264 g/mol. The molecule has 5 heteroatoms. The number of hydrogen-bond donors (Lipinski definition) is 0. The van der Waals surface area contributed by atoms with Gasteiger partial charge < -0.3 is 9.47 Å². The minimum absolute atomic E-state index is 0.00394. The van der Waals surface area contributed by atoms with E-state index in [9.17, 15) is 9.59 Å². The second-order valence-electron chi connectivity index (χ2n) is 3.38. The van der Waals surface area contributed by atoms with Crippen molar-refractivity contribution in [2.24, 2.45) is 5.92 Å². The summed E-state index contributed by atoms with van der Waals surface area (Å²) in [5.41, 5.74) is 0.301. The van der Waals surface area contributed by atoms with Gasteiger partial charge in [0.2, 0.25) is 0 Å². The first-order valence-electron chi connectivity index (χ1n) is 4.51. The third-order valence-corrected chi connectivity index (χ3v) is 1.86. The summed E-state index contributed by atoms with van der Waals surface area (Å²) < 4.78 is 9.70. The molecule has 0 radical (unpaired) electrons. The number of carbonyl (C=O) groups excluding carboxylic acids is 2. The topological polar surface area (TPSA) is 52.6 Å². The van der Waals surface area contributed by atoms with Crippen LogP contribution in [-0.4, -0.2) is 23.6 Å². The molecule has 0 N–H and O–H groups in total. The van der Waals surface area contributed by atoms with Crippen LogP contribution in [0.1, 0.15) is 20.8 Å². The summed E-state index contributed by atoms with van der Waals surface area (Å²) in [7, 11) is 0. The number of rotatable bonds is 5. The van der Waals surface area contributed by atoms with Crippen molar-refractivity contribution in [3.63, 3.8) is 0 Å². The van der Waals surface area contributed by atoms with Gasteiger partial charge in [-0.1, -0.05) is 20.4 Å². The highest BCUT2D eigenvalue weighted by Crippen LogP contribution is 2.07. The van der Waals surface area contributed by atoms with Gasteiger partial charge in [-0.2, -0.15) is 0 Å². The van der Waals surface area contributed by atoms with Gasteiger partial charge in [-0.25, -0.2) is 4.79 Å². The van der Waals surface area contributed by atoms with Crippen molar-refractivity contribution in [1.29, 1.82) is 0 Å². The molecule has 0 spiro atoms. The lowest BCUT2D eigenvalue weighted by molar-refractivity contribution is -0.153. The van der Waals surface area contributed by atoms with Crippen LogP contribution < -0.4 is 0 Å². The largest absolute Gasteiger partial charge is 0.461 e. The smallest absolute Gasteiger partial charge is 0.334 e. The summed E-state index contributed by atoms with van der Waals surface area (Å²) >= 11 is 3.06. The molecule has 0 saturated heterocycles. The lowest BCUT2D eigenvalue weighted by Crippen LogP contribution is -2.22. The van der Waals surface area contributed by atoms with Crippen LogP contribution in [0.4, 0.5) is 0 Å². The van der Waals surface area contributed by atoms with E-state index in [0.717, 1.165) is 0 Å². The molecule has 15 heavy (non-hydrogen) atoms. The quantitative estimate of drug-likeness (QED) is 0.439. The maximum Gasteiger partial charge on any atom is 0.334 e. The zero-order chi connectivity index (χ0) is 12.0. The van der Waals surface area contributed by atoms with Gasteiger partial charge in [-0.05, 0) is 22.9 Å². The summed E-state index contributed by atoms with van der Waals surface area (Å²) in [6.07, 6.45) is 0. The van der Waals surface area contributed by atoms with E-state index >= 15 is 0 Å². The van der Waals surface area contributed by atoms with Crippen LogP contribution in [0.15, 0.2) is 12.2 Å². The maximum atomic E-state index is 11.1. The van der Waals surface area contributed by atoms with Crippen LogP contribution in [0.25, 0.3) is 0 Å². The van der Waals surface area contributed by atoms with E-state index in [0.29, 0.717) is 5.57 Å². The van der Waals surface area contributed by atoms with Crippen molar-refractivity contribution in [3.8, 4) is 0 Å². The standard InChI is InChI=1S/C10H15BrO4/c1-6(2)9(12)14-5-8(11)15-10(13)7(3)4/h6,8H,3,5H2,1-2,4H3. The van der Waals surface area contributed by atoms with Gasteiger partial charge in [0.1, 0.15) is 6.61 Å². The fourth-order valence-corrected chi connectivity index (χ4v) is 0.867. The lowest BCUT2D eigenvalue weighted by atomic mass is 10.2. The average Bonchev–Trinajstić information content (AvgIpc) is 2.13. The zero-order valence-electron chi connectivity index (χ0n) is 9.08. The van der Waals surface area contributed by atoms with Crippen molar-refractivity contribution in [2.45, 2.75) is 25.8 Å². The van der Waals surface area contributed by atoms with Gasteiger partial charge in [-0.15, -0.1) is 0 Å². The Balaban J connectivity index is 3.85. The van der Waals surface area contributed by atoms with Crippen molar-refractivity contribution < 1.29 is 19.1 Å². The number of halogens is 1. The van der Waals surface area contributed by atoms with Gasteiger partial charge in [0.25, 0.3) is 0 Å². The predicted molar refractivity (Wildman–Crippen MR) is 59.4 cm³/mol. The van der Waals surface area contributed by atoms with Crippen molar-refractivity contribution in [3.05, 3.63) is 12.2 Å². The van der Waals surface area contributed by atoms with Crippen LogP contribution >= 0.6 is 15.9 Å². The van der Waals surface area contributed by atoms with Crippen LogP contribution in [0.2, 0.25) is 0 Å². The van der Waals surface area contributed by atoms with Crippen LogP contribution in [0.3, 0.4) is 0 Å². The second kappa shape index (κ2) is 6.61. The number of hydrogen-bond acceptors (Lipinski definition) is 4. The fourth-order valence-electron chi connectivity index (χ4n) is 0.565. The molecule has 86 valence electrons. The molecule has 0 aromatic heterocycles. The normalized spacial score (nSPS) is 12.1. The van der Waals surface area contributed by atoms with Gasteiger partial charge in [-0.3, -0.25) is 4.79 Å².